The third-order valence-corrected chi connectivity index (χ3v) is 5.60. The van der Waals surface area contributed by atoms with Crippen molar-refractivity contribution in [1.29, 1.82) is 0 Å². The van der Waals surface area contributed by atoms with Crippen LogP contribution in [0, 0.1) is 5.92 Å². The van der Waals surface area contributed by atoms with Crippen LogP contribution in [0.25, 0.3) is 11.3 Å². The van der Waals surface area contributed by atoms with Gasteiger partial charge >= 0.3 is 0 Å². The normalized spacial score (nSPS) is 17.1. The molecule has 0 bridgehead atoms. The Hall–Kier alpha value is -2.25. The number of benzene rings is 1. The Morgan fingerprint density at radius 1 is 1.37 bits per heavy atom. The minimum Gasteiger partial charge on any atom is -0.383 e. The van der Waals surface area contributed by atoms with Gasteiger partial charge in [0.05, 0.1) is 23.2 Å². The lowest BCUT2D eigenvalue weighted by Gasteiger charge is -2.31. The number of nitrogens with one attached hydrogen (secondary N) is 1. The molecule has 0 unspecified atom stereocenters. The van der Waals surface area contributed by atoms with Crippen molar-refractivity contribution in [2.24, 2.45) is 5.92 Å². The lowest BCUT2D eigenvalue weighted by atomic mass is 9.96. The SMILES string of the molecule is COCCN1C[C@@H](C(=O)NCCc2nc(-c3ccccc3)cs2)CCC1=O. The number of amides is 2. The maximum atomic E-state index is 12.4. The first-order chi connectivity index (χ1) is 13.2. The van der Waals surface area contributed by atoms with E-state index in [-0.39, 0.29) is 17.7 Å². The molecule has 0 aliphatic carbocycles. The molecule has 1 aromatic heterocycles. The Kier molecular flexibility index (Phi) is 6.95. The van der Waals surface area contributed by atoms with Gasteiger partial charge in [0.25, 0.3) is 0 Å². The fourth-order valence-corrected chi connectivity index (χ4v) is 3.96. The Morgan fingerprint density at radius 2 is 2.19 bits per heavy atom. The molecule has 1 fully saturated rings. The van der Waals surface area contributed by atoms with Gasteiger partial charge in [0, 0.05) is 50.5 Å². The van der Waals surface area contributed by atoms with Crippen LogP contribution in [0.1, 0.15) is 17.8 Å². The highest BCUT2D eigenvalue weighted by atomic mass is 32.1. The standard InChI is InChI=1S/C20H25N3O3S/c1-26-12-11-23-13-16(7-8-19(23)24)20(25)21-10-9-18-22-17(14-27-18)15-5-3-2-4-6-15/h2-6,14,16H,7-13H2,1H3,(H,21,25)/t16-/m0/s1. The zero-order chi connectivity index (χ0) is 19.1. The fourth-order valence-electron chi connectivity index (χ4n) is 3.15. The number of methoxy groups -OCH3 is 1. The van der Waals surface area contributed by atoms with Crippen LogP contribution in [-0.2, 0) is 20.7 Å². The molecule has 1 atom stereocenters. The molecule has 2 aromatic rings. The Bertz CT molecular complexity index is 763. The van der Waals surface area contributed by atoms with Gasteiger partial charge in [0.2, 0.25) is 11.8 Å². The van der Waals surface area contributed by atoms with E-state index in [0.717, 1.165) is 16.3 Å². The molecule has 0 radical (unpaired) electrons. The fraction of sp³-hybridized carbons (Fsp3) is 0.450. The van der Waals surface area contributed by atoms with Crippen LogP contribution in [0.5, 0.6) is 0 Å². The number of rotatable bonds is 8. The Morgan fingerprint density at radius 3 is 2.96 bits per heavy atom. The van der Waals surface area contributed by atoms with Crippen LogP contribution < -0.4 is 5.32 Å². The molecule has 144 valence electrons. The van der Waals surface area contributed by atoms with E-state index in [4.69, 9.17) is 4.74 Å². The zero-order valence-electron chi connectivity index (χ0n) is 15.5. The molecule has 1 N–H and O–H groups in total. The third kappa shape index (κ3) is 5.37. The second-order valence-corrected chi connectivity index (χ2v) is 7.54. The van der Waals surface area contributed by atoms with Gasteiger partial charge in [0.1, 0.15) is 0 Å². The highest BCUT2D eigenvalue weighted by molar-refractivity contribution is 7.09. The molecule has 7 heteroatoms. The first-order valence-electron chi connectivity index (χ1n) is 9.21. The number of carbonyl (C=O) groups is 2. The van der Waals surface area contributed by atoms with Crippen LogP contribution >= 0.6 is 11.3 Å². The van der Waals surface area contributed by atoms with Gasteiger partial charge in [0.15, 0.2) is 0 Å². The number of hydrogen-bond acceptors (Lipinski definition) is 5. The molecule has 1 saturated heterocycles. The van der Waals surface area contributed by atoms with Crippen LogP contribution in [0.4, 0.5) is 0 Å². The predicted octanol–water partition coefficient (Wildman–Crippen LogP) is 2.35. The molecule has 0 spiro atoms. The van der Waals surface area contributed by atoms with E-state index in [1.165, 1.54) is 0 Å². The predicted molar refractivity (Wildman–Crippen MR) is 105 cm³/mol. The van der Waals surface area contributed by atoms with E-state index in [2.05, 4.69) is 10.3 Å². The molecular weight excluding hydrogens is 362 g/mol. The first-order valence-corrected chi connectivity index (χ1v) is 10.1. The van der Waals surface area contributed by atoms with Gasteiger partial charge in [-0.05, 0) is 6.42 Å². The van der Waals surface area contributed by atoms with Crippen molar-refractivity contribution in [2.45, 2.75) is 19.3 Å². The largest absolute Gasteiger partial charge is 0.383 e. The van der Waals surface area contributed by atoms with Gasteiger partial charge in [-0.1, -0.05) is 30.3 Å². The monoisotopic (exact) mass is 387 g/mol. The van der Waals surface area contributed by atoms with Crippen LogP contribution in [-0.4, -0.2) is 55.0 Å². The molecule has 2 heterocycles. The summed E-state index contributed by atoms with van der Waals surface area (Å²) in [5.74, 6) is -0.0205. The van der Waals surface area contributed by atoms with Crippen molar-refractivity contribution in [3.05, 3.63) is 40.7 Å². The Labute approximate surface area is 163 Å². The third-order valence-electron chi connectivity index (χ3n) is 4.70. The summed E-state index contributed by atoms with van der Waals surface area (Å²) in [7, 11) is 1.61. The molecular formula is C20H25N3O3S. The number of hydrogen-bond donors (Lipinski definition) is 1. The van der Waals surface area contributed by atoms with Crippen molar-refractivity contribution in [3.63, 3.8) is 0 Å². The van der Waals surface area contributed by atoms with Gasteiger partial charge in [-0.15, -0.1) is 11.3 Å². The van der Waals surface area contributed by atoms with Crippen molar-refractivity contribution >= 4 is 23.2 Å². The minimum atomic E-state index is -0.143. The summed E-state index contributed by atoms with van der Waals surface area (Å²) in [6.07, 6.45) is 1.75. The van der Waals surface area contributed by atoms with Crippen LogP contribution in [0.15, 0.2) is 35.7 Å². The number of ether oxygens (including phenoxy) is 1. The lowest BCUT2D eigenvalue weighted by Crippen LogP contribution is -2.47. The molecule has 3 rings (SSSR count). The average molecular weight is 388 g/mol. The maximum absolute atomic E-state index is 12.4. The van der Waals surface area contributed by atoms with Crippen molar-refractivity contribution in [2.75, 3.05) is 33.4 Å². The zero-order valence-corrected chi connectivity index (χ0v) is 16.3. The number of thiazole rings is 1. The number of carbonyl (C=O) groups excluding carboxylic acids is 2. The molecule has 1 aliphatic rings. The summed E-state index contributed by atoms with van der Waals surface area (Å²) in [5.41, 5.74) is 2.08. The summed E-state index contributed by atoms with van der Waals surface area (Å²) in [5, 5.41) is 6.06. The summed E-state index contributed by atoms with van der Waals surface area (Å²) >= 11 is 1.61. The second kappa shape index (κ2) is 9.62. The number of piperidine rings is 1. The first kappa shape index (κ1) is 19.5. The van der Waals surface area contributed by atoms with Crippen molar-refractivity contribution in [3.8, 4) is 11.3 Å². The lowest BCUT2D eigenvalue weighted by molar-refractivity contribution is -0.138. The van der Waals surface area contributed by atoms with Crippen molar-refractivity contribution < 1.29 is 14.3 Å². The van der Waals surface area contributed by atoms with Crippen molar-refractivity contribution in [1.82, 2.24) is 15.2 Å². The van der Waals surface area contributed by atoms with E-state index in [9.17, 15) is 9.59 Å². The van der Waals surface area contributed by atoms with E-state index in [0.29, 0.717) is 45.5 Å². The van der Waals surface area contributed by atoms with E-state index >= 15 is 0 Å². The van der Waals surface area contributed by atoms with Gasteiger partial charge in [-0.25, -0.2) is 4.98 Å². The molecule has 27 heavy (non-hydrogen) atoms. The number of aromatic nitrogens is 1. The number of nitrogens with zero attached hydrogens (tertiary/aromatic N) is 2. The topological polar surface area (TPSA) is 71.5 Å². The summed E-state index contributed by atoms with van der Waals surface area (Å²) in [4.78, 5) is 30.7. The second-order valence-electron chi connectivity index (χ2n) is 6.60. The summed E-state index contributed by atoms with van der Waals surface area (Å²) in [6, 6.07) is 10.1. The molecule has 6 nitrogen and oxygen atoms in total. The number of likely N-dealkylation sites (tertiary alicyclic amines) is 1. The molecule has 2 amide bonds. The molecule has 1 aromatic carbocycles. The molecule has 0 saturated carbocycles. The summed E-state index contributed by atoms with van der Waals surface area (Å²) in [6.45, 7) is 2.07. The van der Waals surface area contributed by atoms with Gasteiger partial charge < -0.3 is 15.0 Å². The van der Waals surface area contributed by atoms with E-state index in [1.807, 2.05) is 35.7 Å². The summed E-state index contributed by atoms with van der Waals surface area (Å²) < 4.78 is 5.04. The average Bonchev–Trinajstić information content (AvgIpc) is 3.17. The highest BCUT2D eigenvalue weighted by Gasteiger charge is 2.29. The van der Waals surface area contributed by atoms with Gasteiger partial charge in [-0.2, -0.15) is 0 Å². The maximum Gasteiger partial charge on any atom is 0.224 e. The van der Waals surface area contributed by atoms with E-state index in [1.54, 1.807) is 23.3 Å². The smallest absolute Gasteiger partial charge is 0.224 e. The Balaban J connectivity index is 1.45. The highest BCUT2D eigenvalue weighted by Crippen LogP contribution is 2.22. The van der Waals surface area contributed by atoms with Gasteiger partial charge in [-0.3, -0.25) is 9.59 Å². The van der Waals surface area contributed by atoms with E-state index < -0.39 is 0 Å². The van der Waals surface area contributed by atoms with Crippen LogP contribution in [0.2, 0.25) is 0 Å². The molecule has 1 aliphatic heterocycles. The minimum absolute atomic E-state index is 0.0183. The van der Waals surface area contributed by atoms with Crippen LogP contribution in [0.3, 0.4) is 0 Å². The quantitative estimate of drug-likeness (QED) is 0.755.